The van der Waals surface area contributed by atoms with Crippen molar-refractivity contribution >= 4 is 12.0 Å². The van der Waals surface area contributed by atoms with E-state index >= 15 is 0 Å². The highest BCUT2D eigenvalue weighted by Gasteiger charge is 2.06. The fourth-order valence-electron chi connectivity index (χ4n) is 1.51. The van der Waals surface area contributed by atoms with Gasteiger partial charge in [-0.3, -0.25) is 0 Å². The van der Waals surface area contributed by atoms with Crippen molar-refractivity contribution in [2.45, 2.75) is 33.0 Å². The standard InChI is InChI=1S/C16H22O4/c1-4-5-12-19-13(2)20-16(17)11-8-14-6-9-15(18-3)10-7-14/h6-11,13H,4-5,12H2,1-3H3/b11-8+. The number of ether oxygens (including phenoxy) is 3. The van der Waals surface area contributed by atoms with E-state index in [-0.39, 0.29) is 0 Å². The maximum atomic E-state index is 11.6. The Labute approximate surface area is 120 Å². The summed E-state index contributed by atoms with van der Waals surface area (Å²) in [6.45, 7) is 4.40. The molecule has 0 amide bonds. The van der Waals surface area contributed by atoms with E-state index < -0.39 is 12.3 Å². The zero-order valence-corrected chi connectivity index (χ0v) is 12.3. The summed E-state index contributed by atoms with van der Waals surface area (Å²) in [5, 5.41) is 0. The van der Waals surface area contributed by atoms with E-state index in [0.717, 1.165) is 24.2 Å². The van der Waals surface area contributed by atoms with Crippen molar-refractivity contribution < 1.29 is 19.0 Å². The average Bonchev–Trinajstić information content (AvgIpc) is 2.46. The molecule has 0 fully saturated rings. The van der Waals surface area contributed by atoms with Gasteiger partial charge in [0.15, 0.2) is 6.29 Å². The molecule has 110 valence electrons. The monoisotopic (exact) mass is 278 g/mol. The molecule has 0 spiro atoms. The van der Waals surface area contributed by atoms with Crippen LogP contribution in [0.4, 0.5) is 0 Å². The number of carbonyl (C=O) groups excluding carboxylic acids is 1. The minimum Gasteiger partial charge on any atom is -0.497 e. The van der Waals surface area contributed by atoms with Crippen LogP contribution >= 0.6 is 0 Å². The Morgan fingerprint density at radius 3 is 2.60 bits per heavy atom. The van der Waals surface area contributed by atoms with Gasteiger partial charge in [-0.25, -0.2) is 4.79 Å². The summed E-state index contributed by atoms with van der Waals surface area (Å²) in [6.07, 6.45) is 4.58. The van der Waals surface area contributed by atoms with Crippen LogP contribution in [0.2, 0.25) is 0 Å². The predicted octanol–water partition coefficient (Wildman–Crippen LogP) is 3.41. The molecule has 1 aromatic carbocycles. The van der Waals surface area contributed by atoms with E-state index in [1.807, 2.05) is 24.3 Å². The molecule has 0 aliphatic carbocycles. The van der Waals surface area contributed by atoms with Crippen LogP contribution in [0.25, 0.3) is 6.08 Å². The van der Waals surface area contributed by atoms with Crippen molar-refractivity contribution in [2.24, 2.45) is 0 Å². The number of hydrogen-bond acceptors (Lipinski definition) is 4. The van der Waals surface area contributed by atoms with E-state index in [1.54, 1.807) is 20.1 Å². The lowest BCUT2D eigenvalue weighted by Gasteiger charge is -2.12. The largest absolute Gasteiger partial charge is 0.497 e. The van der Waals surface area contributed by atoms with Crippen molar-refractivity contribution in [3.8, 4) is 5.75 Å². The molecule has 0 aliphatic heterocycles. The normalized spacial score (nSPS) is 12.3. The third kappa shape index (κ3) is 6.38. The van der Waals surface area contributed by atoms with Crippen LogP contribution in [-0.4, -0.2) is 26.0 Å². The van der Waals surface area contributed by atoms with Crippen molar-refractivity contribution in [1.29, 1.82) is 0 Å². The van der Waals surface area contributed by atoms with Gasteiger partial charge in [-0.05, 0) is 37.1 Å². The van der Waals surface area contributed by atoms with Gasteiger partial charge >= 0.3 is 5.97 Å². The maximum absolute atomic E-state index is 11.6. The molecule has 1 unspecified atom stereocenters. The number of esters is 1. The lowest BCUT2D eigenvalue weighted by molar-refractivity contribution is -0.168. The molecule has 0 aromatic heterocycles. The number of carbonyl (C=O) groups is 1. The fourth-order valence-corrected chi connectivity index (χ4v) is 1.51. The fraction of sp³-hybridized carbons (Fsp3) is 0.438. The molecule has 0 heterocycles. The van der Waals surface area contributed by atoms with Crippen molar-refractivity contribution in [3.63, 3.8) is 0 Å². The van der Waals surface area contributed by atoms with Gasteiger partial charge in [0.25, 0.3) is 0 Å². The second-order valence-electron chi connectivity index (χ2n) is 4.34. The van der Waals surface area contributed by atoms with Crippen LogP contribution in [0.1, 0.15) is 32.3 Å². The van der Waals surface area contributed by atoms with Gasteiger partial charge in [0.1, 0.15) is 5.75 Å². The Balaban J connectivity index is 2.38. The summed E-state index contributed by atoms with van der Waals surface area (Å²) in [5.74, 6) is 0.368. The third-order valence-corrected chi connectivity index (χ3v) is 2.66. The molecular formula is C16H22O4. The first-order chi connectivity index (χ1) is 9.65. The molecule has 0 saturated carbocycles. The van der Waals surface area contributed by atoms with Crippen molar-refractivity contribution in [2.75, 3.05) is 13.7 Å². The van der Waals surface area contributed by atoms with Crippen molar-refractivity contribution in [1.82, 2.24) is 0 Å². The highest BCUT2D eigenvalue weighted by atomic mass is 16.7. The first-order valence-corrected chi connectivity index (χ1v) is 6.80. The molecule has 20 heavy (non-hydrogen) atoms. The molecule has 1 atom stereocenters. The Morgan fingerprint density at radius 2 is 2.00 bits per heavy atom. The van der Waals surface area contributed by atoms with Gasteiger partial charge in [0, 0.05) is 6.08 Å². The van der Waals surface area contributed by atoms with Crippen LogP contribution in [0.5, 0.6) is 5.75 Å². The molecule has 0 bridgehead atoms. The minimum absolute atomic E-state index is 0.412. The Bertz CT molecular complexity index is 423. The smallest absolute Gasteiger partial charge is 0.333 e. The maximum Gasteiger partial charge on any atom is 0.333 e. The summed E-state index contributed by atoms with van der Waals surface area (Å²) in [7, 11) is 1.61. The van der Waals surface area contributed by atoms with Gasteiger partial charge in [-0.1, -0.05) is 25.5 Å². The van der Waals surface area contributed by atoms with Crippen LogP contribution in [-0.2, 0) is 14.3 Å². The second kappa shape index (κ2) is 9.15. The molecule has 4 nitrogen and oxygen atoms in total. The first-order valence-electron chi connectivity index (χ1n) is 6.80. The highest BCUT2D eigenvalue weighted by Crippen LogP contribution is 2.12. The number of methoxy groups -OCH3 is 1. The van der Waals surface area contributed by atoms with E-state index in [2.05, 4.69) is 6.92 Å². The highest BCUT2D eigenvalue weighted by molar-refractivity contribution is 5.87. The number of benzene rings is 1. The first kappa shape index (κ1) is 16.2. The molecule has 0 radical (unpaired) electrons. The summed E-state index contributed by atoms with van der Waals surface area (Å²) in [5.41, 5.74) is 0.905. The van der Waals surface area contributed by atoms with Crippen LogP contribution < -0.4 is 4.74 Å². The zero-order valence-electron chi connectivity index (χ0n) is 12.3. The zero-order chi connectivity index (χ0) is 14.8. The molecule has 0 N–H and O–H groups in total. The average molecular weight is 278 g/mol. The van der Waals surface area contributed by atoms with E-state index in [1.165, 1.54) is 6.08 Å². The van der Waals surface area contributed by atoms with E-state index in [4.69, 9.17) is 14.2 Å². The molecule has 1 rings (SSSR count). The van der Waals surface area contributed by atoms with Crippen molar-refractivity contribution in [3.05, 3.63) is 35.9 Å². The van der Waals surface area contributed by atoms with Gasteiger partial charge in [0.2, 0.25) is 0 Å². The van der Waals surface area contributed by atoms with Crippen LogP contribution in [0, 0.1) is 0 Å². The summed E-state index contributed by atoms with van der Waals surface area (Å²) < 4.78 is 15.5. The lowest BCUT2D eigenvalue weighted by atomic mass is 10.2. The van der Waals surface area contributed by atoms with Gasteiger partial charge < -0.3 is 14.2 Å². The minimum atomic E-state index is -0.519. The number of unbranched alkanes of at least 4 members (excludes halogenated alkanes) is 1. The topological polar surface area (TPSA) is 44.8 Å². The van der Waals surface area contributed by atoms with Crippen LogP contribution in [0.15, 0.2) is 30.3 Å². The van der Waals surface area contributed by atoms with E-state index in [0.29, 0.717) is 6.61 Å². The summed E-state index contributed by atoms with van der Waals surface area (Å²) in [4.78, 5) is 11.6. The van der Waals surface area contributed by atoms with Gasteiger partial charge in [-0.15, -0.1) is 0 Å². The molecule has 1 aromatic rings. The number of hydrogen-bond donors (Lipinski definition) is 0. The third-order valence-electron chi connectivity index (χ3n) is 2.66. The van der Waals surface area contributed by atoms with Gasteiger partial charge in [0.05, 0.1) is 13.7 Å². The Kier molecular flexibility index (Phi) is 7.43. The number of rotatable bonds is 8. The van der Waals surface area contributed by atoms with Gasteiger partial charge in [-0.2, -0.15) is 0 Å². The summed E-state index contributed by atoms with van der Waals surface area (Å²) in [6, 6.07) is 7.40. The second-order valence-corrected chi connectivity index (χ2v) is 4.34. The van der Waals surface area contributed by atoms with Crippen LogP contribution in [0.3, 0.4) is 0 Å². The predicted molar refractivity (Wildman–Crippen MR) is 78.4 cm³/mol. The quantitative estimate of drug-likeness (QED) is 0.316. The molecule has 0 saturated heterocycles. The summed E-state index contributed by atoms with van der Waals surface area (Å²) >= 11 is 0. The molecular weight excluding hydrogens is 256 g/mol. The Morgan fingerprint density at radius 1 is 1.30 bits per heavy atom. The SMILES string of the molecule is CCCCOC(C)OC(=O)/C=C/c1ccc(OC)cc1. The molecule has 0 aliphatic rings. The Hall–Kier alpha value is -1.81. The van der Waals surface area contributed by atoms with E-state index in [9.17, 15) is 4.79 Å². The lowest BCUT2D eigenvalue weighted by Crippen LogP contribution is -2.17. The molecule has 4 heteroatoms.